The summed E-state index contributed by atoms with van der Waals surface area (Å²) in [7, 11) is 0. The van der Waals surface area contributed by atoms with Crippen LogP contribution in [0.15, 0.2) is 60.0 Å². The molecule has 0 aliphatic heterocycles. The molecule has 1 aromatic heterocycles. The van der Waals surface area contributed by atoms with Crippen LogP contribution in [0.2, 0.25) is 0 Å². The van der Waals surface area contributed by atoms with Gasteiger partial charge in [-0.1, -0.05) is 37.3 Å². The number of carbonyl (C=O) groups excluding carboxylic acids is 1. The third kappa shape index (κ3) is 4.22. The van der Waals surface area contributed by atoms with Crippen LogP contribution in [0.25, 0.3) is 0 Å². The fourth-order valence-electron chi connectivity index (χ4n) is 3.44. The SMILES string of the molecule is C[C@H]1CCc2c(C(=O)Nc3ccc(OCc4ccccc4)cc3)csc2C1. The van der Waals surface area contributed by atoms with Gasteiger partial charge in [0.05, 0.1) is 5.56 Å². The van der Waals surface area contributed by atoms with Crippen molar-refractivity contribution in [3.63, 3.8) is 0 Å². The molecule has 0 radical (unpaired) electrons. The first kappa shape index (κ1) is 17.8. The Morgan fingerprint density at radius 3 is 2.70 bits per heavy atom. The number of thiophene rings is 1. The molecule has 27 heavy (non-hydrogen) atoms. The van der Waals surface area contributed by atoms with E-state index in [9.17, 15) is 4.79 Å². The highest BCUT2D eigenvalue weighted by Gasteiger charge is 2.23. The first-order valence-electron chi connectivity index (χ1n) is 9.36. The molecule has 1 amide bonds. The molecular formula is C23H23NO2S. The van der Waals surface area contributed by atoms with Gasteiger partial charge in [-0.15, -0.1) is 11.3 Å². The van der Waals surface area contributed by atoms with Gasteiger partial charge in [0.15, 0.2) is 0 Å². The molecule has 4 heteroatoms. The van der Waals surface area contributed by atoms with Gasteiger partial charge in [0.25, 0.3) is 5.91 Å². The summed E-state index contributed by atoms with van der Waals surface area (Å²) in [6.07, 6.45) is 3.27. The number of rotatable bonds is 5. The molecule has 1 aliphatic rings. The topological polar surface area (TPSA) is 38.3 Å². The van der Waals surface area contributed by atoms with E-state index in [4.69, 9.17) is 4.74 Å². The van der Waals surface area contributed by atoms with Crippen LogP contribution in [-0.4, -0.2) is 5.91 Å². The Morgan fingerprint density at radius 1 is 1.15 bits per heavy atom. The van der Waals surface area contributed by atoms with Crippen molar-refractivity contribution in [3.05, 3.63) is 81.5 Å². The summed E-state index contributed by atoms with van der Waals surface area (Å²) >= 11 is 1.72. The molecule has 1 N–H and O–H groups in total. The number of amides is 1. The van der Waals surface area contributed by atoms with E-state index in [-0.39, 0.29) is 5.91 Å². The van der Waals surface area contributed by atoms with Gasteiger partial charge < -0.3 is 10.1 Å². The molecule has 1 heterocycles. The van der Waals surface area contributed by atoms with Crippen LogP contribution in [0.5, 0.6) is 5.75 Å². The summed E-state index contributed by atoms with van der Waals surface area (Å²) in [4.78, 5) is 14.1. The Hall–Kier alpha value is -2.59. The second-order valence-electron chi connectivity index (χ2n) is 7.15. The normalized spacial score (nSPS) is 15.8. The van der Waals surface area contributed by atoms with Crippen LogP contribution in [0.4, 0.5) is 5.69 Å². The highest BCUT2D eigenvalue weighted by Crippen LogP contribution is 2.33. The first-order valence-corrected chi connectivity index (χ1v) is 10.2. The predicted octanol–water partition coefficient (Wildman–Crippen LogP) is 5.70. The minimum atomic E-state index is -0.0139. The second kappa shape index (κ2) is 7.97. The molecule has 0 fully saturated rings. The molecule has 3 aromatic rings. The van der Waals surface area contributed by atoms with E-state index >= 15 is 0 Å². The monoisotopic (exact) mass is 377 g/mol. The Kier molecular flexibility index (Phi) is 5.26. The molecule has 1 atom stereocenters. The molecule has 0 saturated heterocycles. The minimum absolute atomic E-state index is 0.0139. The summed E-state index contributed by atoms with van der Waals surface area (Å²) in [5, 5.41) is 5.03. The van der Waals surface area contributed by atoms with Crippen molar-refractivity contribution in [2.45, 2.75) is 32.8 Å². The van der Waals surface area contributed by atoms with E-state index in [0.717, 1.165) is 47.7 Å². The largest absolute Gasteiger partial charge is 0.489 e. The molecule has 4 rings (SSSR count). The van der Waals surface area contributed by atoms with E-state index in [2.05, 4.69) is 12.2 Å². The van der Waals surface area contributed by atoms with Crippen molar-refractivity contribution < 1.29 is 9.53 Å². The van der Waals surface area contributed by atoms with Crippen LogP contribution in [0, 0.1) is 5.92 Å². The number of hydrogen-bond donors (Lipinski definition) is 1. The summed E-state index contributed by atoms with van der Waals surface area (Å²) in [6, 6.07) is 17.6. The van der Waals surface area contributed by atoms with Crippen LogP contribution >= 0.6 is 11.3 Å². The fraction of sp³-hybridized carbons (Fsp3) is 0.261. The highest BCUT2D eigenvalue weighted by atomic mass is 32.1. The van der Waals surface area contributed by atoms with Gasteiger partial charge in [-0.2, -0.15) is 0 Å². The fourth-order valence-corrected chi connectivity index (χ4v) is 4.69. The van der Waals surface area contributed by atoms with E-state index < -0.39 is 0 Å². The molecule has 2 aromatic carbocycles. The molecular weight excluding hydrogens is 354 g/mol. The molecule has 0 saturated carbocycles. The number of ether oxygens (including phenoxy) is 1. The molecule has 1 aliphatic carbocycles. The highest BCUT2D eigenvalue weighted by molar-refractivity contribution is 7.10. The molecule has 138 valence electrons. The maximum atomic E-state index is 12.7. The van der Waals surface area contributed by atoms with Gasteiger partial charge in [-0.05, 0) is 60.6 Å². The third-order valence-electron chi connectivity index (χ3n) is 5.01. The zero-order valence-electron chi connectivity index (χ0n) is 15.4. The van der Waals surface area contributed by atoms with E-state index in [0.29, 0.717) is 6.61 Å². The number of carbonyl (C=O) groups is 1. The van der Waals surface area contributed by atoms with Crippen molar-refractivity contribution in [2.75, 3.05) is 5.32 Å². The van der Waals surface area contributed by atoms with Gasteiger partial charge in [-0.3, -0.25) is 4.79 Å². The van der Waals surface area contributed by atoms with Crippen LogP contribution in [0.1, 0.15) is 39.7 Å². The zero-order valence-corrected chi connectivity index (χ0v) is 16.2. The molecule has 0 bridgehead atoms. The van der Waals surface area contributed by atoms with Crippen molar-refractivity contribution in [2.24, 2.45) is 5.92 Å². The number of benzene rings is 2. The molecule has 3 nitrogen and oxygen atoms in total. The van der Waals surface area contributed by atoms with E-state index in [1.807, 2.05) is 60.0 Å². The Bertz CT molecular complexity index is 915. The summed E-state index contributed by atoms with van der Waals surface area (Å²) in [5.74, 6) is 1.49. The van der Waals surface area contributed by atoms with Crippen molar-refractivity contribution in [1.29, 1.82) is 0 Å². The smallest absolute Gasteiger partial charge is 0.256 e. The van der Waals surface area contributed by atoms with Crippen molar-refractivity contribution >= 4 is 22.9 Å². The number of anilines is 1. The average Bonchev–Trinajstić information content (AvgIpc) is 3.11. The number of hydrogen-bond acceptors (Lipinski definition) is 3. The predicted molar refractivity (Wildman–Crippen MR) is 111 cm³/mol. The number of fused-ring (bicyclic) bond motifs is 1. The van der Waals surface area contributed by atoms with Crippen molar-refractivity contribution in [3.8, 4) is 5.75 Å². The standard InChI is InChI=1S/C23H23NO2S/c1-16-7-12-20-21(15-27-22(20)13-16)23(25)24-18-8-10-19(11-9-18)26-14-17-5-3-2-4-6-17/h2-6,8-11,15-16H,7,12-14H2,1H3,(H,24,25)/t16-/m0/s1. The molecule has 0 spiro atoms. The Balaban J connectivity index is 1.38. The molecule has 0 unspecified atom stereocenters. The summed E-state index contributed by atoms with van der Waals surface area (Å²) in [5.41, 5.74) is 4.01. The van der Waals surface area contributed by atoms with Crippen LogP contribution in [-0.2, 0) is 19.4 Å². The average molecular weight is 378 g/mol. The van der Waals surface area contributed by atoms with Crippen LogP contribution in [0.3, 0.4) is 0 Å². The maximum absolute atomic E-state index is 12.7. The lowest BCUT2D eigenvalue weighted by atomic mass is 9.88. The van der Waals surface area contributed by atoms with Crippen LogP contribution < -0.4 is 10.1 Å². The number of nitrogens with one attached hydrogen (secondary N) is 1. The van der Waals surface area contributed by atoms with Gasteiger partial charge in [0.1, 0.15) is 12.4 Å². The summed E-state index contributed by atoms with van der Waals surface area (Å²) in [6.45, 7) is 2.82. The Morgan fingerprint density at radius 2 is 1.93 bits per heavy atom. The first-order chi connectivity index (χ1) is 13.2. The third-order valence-corrected chi connectivity index (χ3v) is 6.06. The quantitative estimate of drug-likeness (QED) is 0.619. The van der Waals surface area contributed by atoms with Gasteiger partial charge in [-0.25, -0.2) is 0 Å². The van der Waals surface area contributed by atoms with Gasteiger partial charge in [0.2, 0.25) is 0 Å². The minimum Gasteiger partial charge on any atom is -0.489 e. The lowest BCUT2D eigenvalue weighted by Gasteiger charge is -2.18. The zero-order chi connectivity index (χ0) is 18.6. The van der Waals surface area contributed by atoms with Gasteiger partial charge in [0, 0.05) is 15.9 Å². The Labute approximate surface area is 164 Å². The second-order valence-corrected chi connectivity index (χ2v) is 8.12. The maximum Gasteiger partial charge on any atom is 0.256 e. The lowest BCUT2D eigenvalue weighted by molar-refractivity contribution is 0.102. The van der Waals surface area contributed by atoms with E-state index in [1.54, 1.807) is 11.3 Å². The van der Waals surface area contributed by atoms with Crippen molar-refractivity contribution in [1.82, 2.24) is 0 Å². The van der Waals surface area contributed by atoms with E-state index in [1.165, 1.54) is 10.4 Å². The summed E-state index contributed by atoms with van der Waals surface area (Å²) < 4.78 is 5.80. The lowest BCUT2D eigenvalue weighted by Crippen LogP contribution is -2.16. The van der Waals surface area contributed by atoms with Gasteiger partial charge >= 0.3 is 0 Å².